The lowest BCUT2D eigenvalue weighted by molar-refractivity contribution is -0.131. The summed E-state index contributed by atoms with van der Waals surface area (Å²) in [7, 11) is 0. The number of carboxylic acid groups (broad SMARTS) is 1. The lowest BCUT2D eigenvalue weighted by Crippen LogP contribution is -1.84. The van der Waals surface area contributed by atoms with E-state index >= 15 is 0 Å². The molecule has 0 aliphatic heterocycles. The Hall–Kier alpha value is -1.49. The maximum atomic E-state index is 9.79. The Labute approximate surface area is 53.5 Å². The second kappa shape index (κ2) is 4.66. The fraction of sp³-hybridized carbons (Fsp3) is 0. The number of rotatable bonds is 2. The standard InChI is InChI=1S/C7H6O2/c1-2-3-4-5-6-7(8)9/h1,3-6H,(H,8,9). The van der Waals surface area contributed by atoms with Gasteiger partial charge in [0, 0.05) is 6.08 Å². The van der Waals surface area contributed by atoms with E-state index in [4.69, 9.17) is 11.5 Å². The van der Waals surface area contributed by atoms with Crippen molar-refractivity contribution in [2.75, 3.05) is 0 Å². The molecule has 1 N–H and O–H groups in total. The highest BCUT2D eigenvalue weighted by molar-refractivity contribution is 5.80. The van der Waals surface area contributed by atoms with Crippen LogP contribution in [0.15, 0.2) is 24.3 Å². The topological polar surface area (TPSA) is 37.3 Å². The second-order valence-electron chi connectivity index (χ2n) is 1.22. The molecule has 0 saturated carbocycles. The largest absolute Gasteiger partial charge is 0.478 e. The van der Waals surface area contributed by atoms with Crippen LogP contribution < -0.4 is 0 Å². The molecule has 0 radical (unpaired) electrons. The first-order valence-corrected chi connectivity index (χ1v) is 2.29. The highest BCUT2D eigenvalue weighted by Crippen LogP contribution is 1.74. The molecule has 0 aliphatic rings. The molecule has 0 aromatic rings. The first kappa shape index (κ1) is 7.51. The second-order valence-corrected chi connectivity index (χ2v) is 1.22. The molecule has 0 aromatic carbocycles. The third-order valence-corrected chi connectivity index (χ3v) is 0.542. The average Bonchev–Trinajstić information content (AvgIpc) is 1.80. The van der Waals surface area contributed by atoms with Crippen LogP contribution in [-0.4, -0.2) is 11.1 Å². The summed E-state index contributed by atoms with van der Waals surface area (Å²) >= 11 is 0. The molecular formula is C7H6O2. The van der Waals surface area contributed by atoms with Gasteiger partial charge in [0.25, 0.3) is 0 Å². The van der Waals surface area contributed by atoms with Crippen molar-refractivity contribution in [3.63, 3.8) is 0 Å². The van der Waals surface area contributed by atoms with E-state index in [1.807, 2.05) is 0 Å². The van der Waals surface area contributed by atoms with Crippen molar-refractivity contribution in [3.8, 4) is 12.3 Å². The summed E-state index contributed by atoms with van der Waals surface area (Å²) in [5, 5.41) is 8.04. The third kappa shape index (κ3) is 6.51. The number of hydrogen-bond donors (Lipinski definition) is 1. The van der Waals surface area contributed by atoms with Gasteiger partial charge in [-0.1, -0.05) is 18.1 Å². The van der Waals surface area contributed by atoms with Crippen LogP contribution in [-0.2, 0) is 4.79 Å². The van der Waals surface area contributed by atoms with Crippen molar-refractivity contribution >= 4 is 5.97 Å². The van der Waals surface area contributed by atoms with Crippen molar-refractivity contribution in [1.82, 2.24) is 0 Å². The molecule has 0 saturated heterocycles. The van der Waals surface area contributed by atoms with Gasteiger partial charge in [0.1, 0.15) is 0 Å². The van der Waals surface area contributed by atoms with Crippen LogP contribution in [0.2, 0.25) is 0 Å². The highest BCUT2D eigenvalue weighted by atomic mass is 16.4. The van der Waals surface area contributed by atoms with E-state index in [2.05, 4.69) is 5.92 Å². The Bertz CT molecular complexity index is 182. The highest BCUT2D eigenvalue weighted by Gasteiger charge is 1.78. The summed E-state index contributed by atoms with van der Waals surface area (Å²) in [6, 6.07) is 0. The van der Waals surface area contributed by atoms with Gasteiger partial charge in [-0.25, -0.2) is 4.79 Å². The van der Waals surface area contributed by atoms with Gasteiger partial charge in [0.2, 0.25) is 0 Å². The molecule has 0 amide bonds. The van der Waals surface area contributed by atoms with Gasteiger partial charge in [0.15, 0.2) is 0 Å². The van der Waals surface area contributed by atoms with Gasteiger partial charge in [-0.05, 0) is 6.08 Å². The van der Waals surface area contributed by atoms with Gasteiger partial charge in [-0.3, -0.25) is 0 Å². The maximum absolute atomic E-state index is 9.79. The smallest absolute Gasteiger partial charge is 0.328 e. The molecule has 0 unspecified atom stereocenters. The fourth-order valence-corrected chi connectivity index (χ4v) is 0.249. The molecule has 0 rings (SSSR count). The normalized spacial score (nSPS) is 10.1. The molecule has 0 heterocycles. The minimum Gasteiger partial charge on any atom is -0.478 e. The van der Waals surface area contributed by atoms with E-state index < -0.39 is 5.97 Å². The summed E-state index contributed by atoms with van der Waals surface area (Å²) < 4.78 is 0. The van der Waals surface area contributed by atoms with Crippen LogP contribution in [0.1, 0.15) is 0 Å². The van der Waals surface area contributed by atoms with E-state index in [0.717, 1.165) is 6.08 Å². The Morgan fingerprint density at radius 1 is 1.56 bits per heavy atom. The Morgan fingerprint density at radius 3 is 2.67 bits per heavy atom. The van der Waals surface area contributed by atoms with E-state index in [-0.39, 0.29) is 0 Å². The molecule has 2 nitrogen and oxygen atoms in total. The molecule has 46 valence electrons. The lowest BCUT2D eigenvalue weighted by atomic mass is 10.4. The van der Waals surface area contributed by atoms with Crippen LogP contribution in [0.25, 0.3) is 0 Å². The lowest BCUT2D eigenvalue weighted by Gasteiger charge is -1.71. The monoisotopic (exact) mass is 122 g/mol. The van der Waals surface area contributed by atoms with Crippen molar-refractivity contribution in [3.05, 3.63) is 24.3 Å². The van der Waals surface area contributed by atoms with Crippen molar-refractivity contribution in [1.29, 1.82) is 0 Å². The van der Waals surface area contributed by atoms with Crippen LogP contribution in [0, 0.1) is 12.3 Å². The molecular weight excluding hydrogens is 116 g/mol. The summed E-state index contributed by atoms with van der Waals surface area (Å²) in [5.41, 5.74) is 0. The van der Waals surface area contributed by atoms with E-state index in [9.17, 15) is 4.79 Å². The van der Waals surface area contributed by atoms with Gasteiger partial charge in [0.05, 0.1) is 0 Å². The average molecular weight is 122 g/mol. The summed E-state index contributed by atoms with van der Waals surface area (Å²) in [6.45, 7) is 0. The molecule has 0 aromatic heterocycles. The van der Waals surface area contributed by atoms with Crippen LogP contribution >= 0.6 is 0 Å². The minimum atomic E-state index is -0.975. The van der Waals surface area contributed by atoms with Crippen molar-refractivity contribution < 1.29 is 9.90 Å². The van der Waals surface area contributed by atoms with Gasteiger partial charge in [-0.2, -0.15) is 0 Å². The number of terminal acetylenes is 1. The van der Waals surface area contributed by atoms with E-state index in [0.29, 0.717) is 0 Å². The Morgan fingerprint density at radius 2 is 2.22 bits per heavy atom. The predicted molar refractivity (Wildman–Crippen MR) is 34.7 cm³/mol. The third-order valence-electron chi connectivity index (χ3n) is 0.542. The van der Waals surface area contributed by atoms with Gasteiger partial charge < -0.3 is 5.11 Å². The molecule has 2 heteroatoms. The minimum absolute atomic E-state index is 0.975. The number of hydrogen-bond acceptors (Lipinski definition) is 1. The fourth-order valence-electron chi connectivity index (χ4n) is 0.249. The summed E-state index contributed by atoms with van der Waals surface area (Å²) in [4.78, 5) is 9.79. The molecule has 0 aliphatic carbocycles. The van der Waals surface area contributed by atoms with Gasteiger partial charge >= 0.3 is 5.97 Å². The maximum Gasteiger partial charge on any atom is 0.328 e. The van der Waals surface area contributed by atoms with Gasteiger partial charge in [-0.15, -0.1) is 6.42 Å². The van der Waals surface area contributed by atoms with Crippen molar-refractivity contribution in [2.24, 2.45) is 0 Å². The molecule has 0 spiro atoms. The zero-order chi connectivity index (χ0) is 7.11. The zero-order valence-corrected chi connectivity index (χ0v) is 4.74. The van der Waals surface area contributed by atoms with E-state index in [1.165, 1.54) is 18.2 Å². The number of carboxylic acids is 1. The molecule has 9 heavy (non-hydrogen) atoms. The molecule has 0 fully saturated rings. The molecule has 0 bridgehead atoms. The zero-order valence-electron chi connectivity index (χ0n) is 4.74. The number of aliphatic carboxylic acids is 1. The quantitative estimate of drug-likeness (QED) is 0.334. The number of carbonyl (C=O) groups is 1. The predicted octanol–water partition coefficient (Wildman–Crippen LogP) is 0.817. The van der Waals surface area contributed by atoms with Crippen molar-refractivity contribution in [2.45, 2.75) is 0 Å². The Balaban J connectivity index is 3.63. The first-order chi connectivity index (χ1) is 4.27. The Kier molecular flexibility index (Phi) is 3.89. The van der Waals surface area contributed by atoms with Crippen LogP contribution in [0.3, 0.4) is 0 Å². The SMILES string of the molecule is C#CC=CC=CC(=O)O. The van der Waals surface area contributed by atoms with Crippen LogP contribution in [0.5, 0.6) is 0 Å². The van der Waals surface area contributed by atoms with E-state index in [1.54, 1.807) is 0 Å². The number of allylic oxidation sites excluding steroid dienone is 3. The summed E-state index contributed by atoms with van der Waals surface area (Å²) in [5.74, 6) is 1.24. The summed E-state index contributed by atoms with van der Waals surface area (Å²) in [6.07, 6.45) is 10.1. The molecule has 0 atom stereocenters. The van der Waals surface area contributed by atoms with Crippen LogP contribution in [0.4, 0.5) is 0 Å². The first-order valence-electron chi connectivity index (χ1n) is 2.29.